The normalized spacial score (nSPS) is 15.0. The quantitative estimate of drug-likeness (QED) is 0.842. The van der Waals surface area contributed by atoms with Crippen LogP contribution in [0.3, 0.4) is 0 Å². The van der Waals surface area contributed by atoms with Gasteiger partial charge in [0, 0.05) is 56.4 Å². The summed E-state index contributed by atoms with van der Waals surface area (Å²) in [6.45, 7) is 6.48. The lowest BCUT2D eigenvalue weighted by Crippen LogP contribution is -2.49. The van der Waals surface area contributed by atoms with E-state index in [-0.39, 0.29) is 10.8 Å². The summed E-state index contributed by atoms with van der Waals surface area (Å²) in [6.07, 6.45) is 3.51. The van der Waals surface area contributed by atoms with Crippen LogP contribution in [0.5, 0.6) is 0 Å². The number of benzene rings is 1. The molecule has 0 spiro atoms. The Morgan fingerprint density at radius 1 is 1.11 bits per heavy atom. The predicted octanol–water partition coefficient (Wildman–Crippen LogP) is 1.65. The summed E-state index contributed by atoms with van der Waals surface area (Å²) in [4.78, 5) is 21.1. The SMILES string of the molecule is CCNS(=O)(=O)c1ccc(C)c(C(=O)N2CCN(c3ccncc3)CC2)c1. The zero-order valence-corrected chi connectivity index (χ0v) is 16.4. The van der Waals surface area contributed by atoms with E-state index in [9.17, 15) is 13.2 Å². The van der Waals surface area contributed by atoms with Crippen molar-refractivity contribution in [1.29, 1.82) is 0 Å². The van der Waals surface area contributed by atoms with Crippen LogP contribution in [-0.2, 0) is 10.0 Å². The number of piperazine rings is 1. The fourth-order valence-corrected chi connectivity index (χ4v) is 4.23. The minimum atomic E-state index is -3.59. The number of rotatable bonds is 5. The number of sulfonamides is 1. The van der Waals surface area contributed by atoms with E-state index in [2.05, 4.69) is 14.6 Å². The Morgan fingerprint density at radius 2 is 1.78 bits per heavy atom. The van der Waals surface area contributed by atoms with Gasteiger partial charge in [-0.1, -0.05) is 13.0 Å². The fourth-order valence-electron chi connectivity index (χ4n) is 3.16. The summed E-state index contributed by atoms with van der Waals surface area (Å²) < 4.78 is 27.0. The molecule has 0 atom stereocenters. The molecule has 0 bridgehead atoms. The van der Waals surface area contributed by atoms with Crippen LogP contribution in [0.2, 0.25) is 0 Å². The van der Waals surface area contributed by atoms with Crippen molar-refractivity contribution in [2.75, 3.05) is 37.6 Å². The highest BCUT2D eigenvalue weighted by molar-refractivity contribution is 7.89. The summed E-state index contributed by atoms with van der Waals surface area (Å²) in [5, 5.41) is 0. The molecule has 1 fully saturated rings. The van der Waals surface area contributed by atoms with Gasteiger partial charge in [-0.3, -0.25) is 9.78 Å². The zero-order chi connectivity index (χ0) is 19.4. The average molecular weight is 388 g/mol. The van der Waals surface area contributed by atoms with E-state index >= 15 is 0 Å². The molecule has 3 rings (SSSR count). The van der Waals surface area contributed by atoms with Gasteiger partial charge >= 0.3 is 0 Å². The van der Waals surface area contributed by atoms with Gasteiger partial charge in [-0.05, 0) is 36.8 Å². The number of aryl methyl sites for hydroxylation is 1. The Labute approximate surface area is 160 Å². The van der Waals surface area contributed by atoms with Crippen LogP contribution in [0.25, 0.3) is 0 Å². The number of amides is 1. The minimum Gasteiger partial charge on any atom is -0.368 e. The van der Waals surface area contributed by atoms with Crippen LogP contribution in [0.4, 0.5) is 5.69 Å². The number of aromatic nitrogens is 1. The molecule has 7 nitrogen and oxygen atoms in total. The van der Waals surface area contributed by atoms with E-state index in [4.69, 9.17) is 0 Å². The van der Waals surface area contributed by atoms with Gasteiger partial charge in [0.15, 0.2) is 0 Å². The first-order chi connectivity index (χ1) is 12.9. The highest BCUT2D eigenvalue weighted by Gasteiger charge is 2.25. The van der Waals surface area contributed by atoms with Gasteiger partial charge in [-0.25, -0.2) is 13.1 Å². The third kappa shape index (κ3) is 4.28. The highest BCUT2D eigenvalue weighted by atomic mass is 32.2. The summed E-state index contributed by atoms with van der Waals surface area (Å²) in [7, 11) is -3.59. The average Bonchev–Trinajstić information content (AvgIpc) is 2.68. The molecule has 8 heteroatoms. The Bertz CT molecular complexity index is 908. The van der Waals surface area contributed by atoms with Crippen molar-refractivity contribution in [3.63, 3.8) is 0 Å². The smallest absolute Gasteiger partial charge is 0.254 e. The lowest BCUT2D eigenvalue weighted by atomic mass is 10.1. The largest absolute Gasteiger partial charge is 0.368 e. The van der Waals surface area contributed by atoms with Crippen LogP contribution < -0.4 is 9.62 Å². The van der Waals surface area contributed by atoms with Crippen LogP contribution in [0, 0.1) is 6.92 Å². The molecule has 1 N–H and O–H groups in total. The number of hydrogen-bond donors (Lipinski definition) is 1. The molecule has 144 valence electrons. The molecule has 0 unspecified atom stereocenters. The number of pyridine rings is 1. The number of nitrogens with one attached hydrogen (secondary N) is 1. The van der Waals surface area contributed by atoms with Gasteiger partial charge in [0.25, 0.3) is 5.91 Å². The predicted molar refractivity (Wildman–Crippen MR) is 104 cm³/mol. The number of nitrogens with zero attached hydrogens (tertiary/aromatic N) is 3. The molecule has 27 heavy (non-hydrogen) atoms. The summed E-state index contributed by atoms with van der Waals surface area (Å²) in [6, 6.07) is 8.61. The second-order valence-electron chi connectivity index (χ2n) is 6.46. The molecule has 2 aromatic rings. The van der Waals surface area contributed by atoms with Crippen molar-refractivity contribution in [3.8, 4) is 0 Å². The van der Waals surface area contributed by atoms with Gasteiger partial charge < -0.3 is 9.80 Å². The molecular weight excluding hydrogens is 364 g/mol. The van der Waals surface area contributed by atoms with Gasteiger partial charge in [0.1, 0.15) is 0 Å². The van der Waals surface area contributed by atoms with Crippen molar-refractivity contribution < 1.29 is 13.2 Å². The first kappa shape index (κ1) is 19.3. The van der Waals surface area contributed by atoms with Crippen LogP contribution in [0.1, 0.15) is 22.8 Å². The molecule has 1 saturated heterocycles. The van der Waals surface area contributed by atoms with Gasteiger partial charge in [0.2, 0.25) is 10.0 Å². The molecular formula is C19H24N4O3S. The van der Waals surface area contributed by atoms with E-state index in [1.54, 1.807) is 30.3 Å². The number of hydrogen-bond acceptors (Lipinski definition) is 5. The van der Waals surface area contributed by atoms with E-state index < -0.39 is 10.0 Å². The molecule has 1 aromatic carbocycles. The second-order valence-corrected chi connectivity index (χ2v) is 8.23. The van der Waals surface area contributed by atoms with E-state index in [0.29, 0.717) is 25.2 Å². The van der Waals surface area contributed by atoms with Crippen LogP contribution in [-0.4, -0.2) is 56.9 Å². The topological polar surface area (TPSA) is 82.6 Å². The lowest BCUT2D eigenvalue weighted by Gasteiger charge is -2.36. The molecule has 0 radical (unpaired) electrons. The van der Waals surface area contributed by atoms with E-state index in [1.165, 1.54) is 12.1 Å². The molecule has 0 saturated carbocycles. The van der Waals surface area contributed by atoms with Gasteiger partial charge in [0.05, 0.1) is 4.90 Å². The van der Waals surface area contributed by atoms with Gasteiger partial charge in [-0.15, -0.1) is 0 Å². The maximum absolute atomic E-state index is 13.0. The maximum atomic E-state index is 13.0. The Balaban J connectivity index is 1.75. The third-order valence-corrected chi connectivity index (χ3v) is 6.22. The van der Waals surface area contributed by atoms with Crippen molar-refractivity contribution in [2.24, 2.45) is 0 Å². The molecule has 2 heterocycles. The number of carbonyl (C=O) groups excluding carboxylic acids is 1. The molecule has 1 aromatic heterocycles. The lowest BCUT2D eigenvalue weighted by molar-refractivity contribution is 0.0746. The first-order valence-corrected chi connectivity index (χ1v) is 10.5. The molecule has 1 aliphatic rings. The van der Waals surface area contributed by atoms with Crippen LogP contribution >= 0.6 is 0 Å². The van der Waals surface area contributed by atoms with Gasteiger partial charge in [-0.2, -0.15) is 0 Å². The number of carbonyl (C=O) groups is 1. The van der Waals surface area contributed by atoms with Crippen molar-refractivity contribution in [3.05, 3.63) is 53.9 Å². The van der Waals surface area contributed by atoms with E-state index in [0.717, 1.165) is 24.3 Å². The Kier molecular flexibility index (Phi) is 5.76. The standard InChI is InChI=1S/C19H24N4O3S/c1-3-21-27(25,26)17-5-4-15(2)18(14-17)19(24)23-12-10-22(11-13-23)16-6-8-20-9-7-16/h4-9,14,21H,3,10-13H2,1-2H3. The van der Waals surface area contributed by atoms with E-state index in [1.807, 2.05) is 19.1 Å². The Morgan fingerprint density at radius 3 is 2.41 bits per heavy atom. The van der Waals surface area contributed by atoms with Crippen molar-refractivity contribution in [2.45, 2.75) is 18.7 Å². The Hall–Kier alpha value is -2.45. The highest BCUT2D eigenvalue weighted by Crippen LogP contribution is 2.20. The maximum Gasteiger partial charge on any atom is 0.254 e. The fraction of sp³-hybridized carbons (Fsp3) is 0.368. The van der Waals surface area contributed by atoms with Crippen molar-refractivity contribution >= 4 is 21.6 Å². The van der Waals surface area contributed by atoms with Crippen molar-refractivity contribution in [1.82, 2.24) is 14.6 Å². The summed E-state index contributed by atoms with van der Waals surface area (Å²) in [5.74, 6) is -0.129. The second kappa shape index (κ2) is 8.06. The summed E-state index contributed by atoms with van der Waals surface area (Å²) >= 11 is 0. The zero-order valence-electron chi connectivity index (χ0n) is 15.6. The minimum absolute atomic E-state index is 0.119. The number of anilines is 1. The third-order valence-electron chi connectivity index (χ3n) is 4.68. The molecule has 1 aliphatic heterocycles. The molecule has 1 amide bonds. The van der Waals surface area contributed by atoms with Crippen LogP contribution in [0.15, 0.2) is 47.6 Å². The molecule has 0 aliphatic carbocycles. The first-order valence-electron chi connectivity index (χ1n) is 8.97. The summed E-state index contributed by atoms with van der Waals surface area (Å²) in [5.41, 5.74) is 2.30. The monoisotopic (exact) mass is 388 g/mol.